The molecule has 0 saturated carbocycles. The number of halogens is 3. The molecule has 1 amide bonds. The molecule has 1 aliphatic rings. The molecule has 0 spiro atoms. The van der Waals surface area contributed by atoms with E-state index in [2.05, 4.69) is 5.10 Å². The van der Waals surface area contributed by atoms with Crippen molar-refractivity contribution in [2.24, 2.45) is 0 Å². The zero-order valence-corrected chi connectivity index (χ0v) is 15.9. The van der Waals surface area contributed by atoms with Gasteiger partial charge in [0.15, 0.2) is 5.69 Å². The molecule has 2 aromatic carbocycles. The number of hydrogen-bond acceptors (Lipinski definition) is 2. The van der Waals surface area contributed by atoms with E-state index in [4.69, 9.17) is 0 Å². The van der Waals surface area contributed by atoms with Gasteiger partial charge in [0.1, 0.15) is 0 Å². The maximum atomic E-state index is 13.6. The van der Waals surface area contributed by atoms with E-state index in [-0.39, 0.29) is 19.0 Å². The fourth-order valence-electron chi connectivity index (χ4n) is 3.98. The first kappa shape index (κ1) is 19.2. The lowest BCUT2D eigenvalue weighted by Gasteiger charge is -2.35. The van der Waals surface area contributed by atoms with Crippen LogP contribution < -0.4 is 0 Å². The molecule has 1 aliphatic heterocycles. The topological polar surface area (TPSA) is 38.1 Å². The first-order valence-electron chi connectivity index (χ1n) is 9.45. The molecule has 29 heavy (non-hydrogen) atoms. The minimum absolute atomic E-state index is 0.0393. The fraction of sp³-hybridized carbons (Fsp3) is 0.273. The number of benzene rings is 2. The molecule has 0 radical (unpaired) electrons. The van der Waals surface area contributed by atoms with Crippen molar-refractivity contribution in [2.45, 2.75) is 32.1 Å². The van der Waals surface area contributed by atoms with Crippen LogP contribution in [0.3, 0.4) is 0 Å². The molecule has 0 fully saturated rings. The average molecular weight is 399 g/mol. The van der Waals surface area contributed by atoms with Crippen molar-refractivity contribution in [3.05, 3.63) is 88.7 Å². The minimum Gasteiger partial charge on any atom is -0.333 e. The summed E-state index contributed by atoms with van der Waals surface area (Å²) in [6.45, 7) is 2.19. The molecular weight excluding hydrogens is 379 g/mol. The van der Waals surface area contributed by atoms with Crippen LogP contribution in [0.15, 0.2) is 60.8 Å². The summed E-state index contributed by atoms with van der Waals surface area (Å²) >= 11 is 0. The number of amides is 1. The summed E-state index contributed by atoms with van der Waals surface area (Å²) in [5, 5.41) is 3.79. The van der Waals surface area contributed by atoms with Crippen LogP contribution in [0.1, 0.15) is 45.6 Å². The fourth-order valence-corrected chi connectivity index (χ4v) is 3.98. The van der Waals surface area contributed by atoms with Crippen LogP contribution in [0.5, 0.6) is 0 Å². The van der Waals surface area contributed by atoms with E-state index in [0.29, 0.717) is 6.54 Å². The van der Waals surface area contributed by atoms with Gasteiger partial charge in [-0.3, -0.25) is 9.48 Å². The van der Waals surface area contributed by atoms with E-state index in [1.165, 1.54) is 4.90 Å². The van der Waals surface area contributed by atoms with Gasteiger partial charge in [0, 0.05) is 25.6 Å². The quantitative estimate of drug-likeness (QED) is 0.640. The van der Waals surface area contributed by atoms with Crippen molar-refractivity contribution >= 4 is 5.91 Å². The van der Waals surface area contributed by atoms with Crippen LogP contribution >= 0.6 is 0 Å². The van der Waals surface area contributed by atoms with E-state index in [0.717, 1.165) is 27.6 Å². The molecule has 0 N–H and O–H groups in total. The zero-order chi connectivity index (χ0) is 20.6. The van der Waals surface area contributed by atoms with Gasteiger partial charge in [-0.15, -0.1) is 0 Å². The van der Waals surface area contributed by atoms with Crippen LogP contribution in [-0.2, 0) is 19.3 Å². The van der Waals surface area contributed by atoms with E-state index in [1.807, 2.05) is 54.6 Å². The average Bonchev–Trinajstić information content (AvgIpc) is 3.18. The van der Waals surface area contributed by atoms with Gasteiger partial charge in [-0.1, -0.05) is 54.6 Å². The Morgan fingerprint density at radius 2 is 1.79 bits per heavy atom. The highest BCUT2D eigenvalue weighted by Gasteiger charge is 2.41. The first-order valence-corrected chi connectivity index (χ1v) is 9.45. The molecule has 2 heterocycles. The summed E-state index contributed by atoms with van der Waals surface area (Å²) in [5.74, 6) is -0.742. The molecule has 7 heteroatoms. The number of fused-ring (bicyclic) bond motifs is 1. The Labute approximate surface area is 166 Å². The van der Waals surface area contributed by atoms with Crippen LogP contribution in [0.25, 0.3) is 0 Å². The Kier molecular flexibility index (Phi) is 4.90. The molecule has 0 bridgehead atoms. The van der Waals surface area contributed by atoms with Gasteiger partial charge >= 0.3 is 6.18 Å². The third kappa shape index (κ3) is 3.52. The lowest BCUT2D eigenvalue weighted by Crippen LogP contribution is -2.39. The summed E-state index contributed by atoms with van der Waals surface area (Å²) in [5.41, 5.74) is 1.68. The molecule has 4 rings (SSSR count). The number of hydrogen-bond donors (Lipinski definition) is 0. The van der Waals surface area contributed by atoms with Crippen LogP contribution in [0.4, 0.5) is 13.2 Å². The summed E-state index contributed by atoms with van der Waals surface area (Å²) in [6.07, 6.45) is -3.61. The highest BCUT2D eigenvalue weighted by atomic mass is 19.4. The predicted octanol–water partition coefficient (Wildman–Crippen LogP) is 4.71. The molecular formula is C22H20F3N3O. The minimum atomic E-state index is -4.65. The summed E-state index contributed by atoms with van der Waals surface area (Å²) in [4.78, 5) is 14.6. The van der Waals surface area contributed by atoms with E-state index >= 15 is 0 Å². The summed E-state index contributed by atoms with van der Waals surface area (Å²) < 4.78 is 41.7. The molecule has 1 atom stereocenters. The molecule has 1 aromatic heterocycles. The van der Waals surface area contributed by atoms with Gasteiger partial charge in [-0.2, -0.15) is 18.3 Å². The Balaban J connectivity index is 1.74. The van der Waals surface area contributed by atoms with Crippen LogP contribution in [0.2, 0.25) is 0 Å². The van der Waals surface area contributed by atoms with Crippen molar-refractivity contribution in [2.75, 3.05) is 6.54 Å². The summed E-state index contributed by atoms with van der Waals surface area (Å²) in [7, 11) is 0. The molecule has 3 aromatic rings. The van der Waals surface area contributed by atoms with Gasteiger partial charge in [0.05, 0.1) is 11.8 Å². The largest absolute Gasteiger partial charge is 0.433 e. The molecule has 150 valence electrons. The van der Waals surface area contributed by atoms with Gasteiger partial charge < -0.3 is 4.90 Å². The predicted molar refractivity (Wildman–Crippen MR) is 102 cm³/mol. The highest BCUT2D eigenvalue weighted by molar-refractivity contribution is 5.95. The summed E-state index contributed by atoms with van der Waals surface area (Å²) in [6, 6.07) is 17.5. The Bertz CT molecular complexity index is 1030. The first-order chi connectivity index (χ1) is 13.9. The number of aryl methyl sites for hydroxylation is 1. The Morgan fingerprint density at radius 1 is 1.10 bits per heavy atom. The number of aromatic nitrogens is 2. The second-order valence-corrected chi connectivity index (χ2v) is 7.07. The maximum Gasteiger partial charge on any atom is 0.433 e. The Hall–Kier alpha value is -3.09. The number of nitrogens with zero attached hydrogens (tertiary/aromatic N) is 3. The standard InChI is InChI=1S/C22H20F3N3O/c1-2-28-20(22(23,24)25)18(12-26-28)21(29)27-13-16-10-6-7-11-17(16)19(14-27)15-8-4-3-5-9-15/h3-12,19H,2,13-14H2,1H3. The van der Waals surface area contributed by atoms with Gasteiger partial charge in [-0.25, -0.2) is 0 Å². The Morgan fingerprint density at radius 3 is 2.48 bits per heavy atom. The van der Waals surface area contributed by atoms with Crippen LogP contribution in [-0.4, -0.2) is 27.1 Å². The van der Waals surface area contributed by atoms with Crippen molar-refractivity contribution in [1.29, 1.82) is 0 Å². The van der Waals surface area contributed by atoms with Crippen molar-refractivity contribution in [3.63, 3.8) is 0 Å². The van der Waals surface area contributed by atoms with Gasteiger partial charge in [0.25, 0.3) is 5.91 Å². The smallest absolute Gasteiger partial charge is 0.333 e. The van der Waals surface area contributed by atoms with Gasteiger partial charge in [-0.05, 0) is 23.6 Å². The number of carbonyl (C=O) groups is 1. The number of carbonyl (C=O) groups excluding carboxylic acids is 1. The number of rotatable bonds is 3. The highest BCUT2D eigenvalue weighted by Crippen LogP contribution is 2.36. The van der Waals surface area contributed by atoms with Crippen molar-refractivity contribution < 1.29 is 18.0 Å². The normalized spacial score (nSPS) is 16.6. The van der Waals surface area contributed by atoms with Crippen molar-refractivity contribution in [1.82, 2.24) is 14.7 Å². The molecule has 0 aliphatic carbocycles. The molecule has 1 unspecified atom stereocenters. The van der Waals surface area contributed by atoms with E-state index in [9.17, 15) is 18.0 Å². The van der Waals surface area contributed by atoms with Crippen molar-refractivity contribution in [3.8, 4) is 0 Å². The lowest BCUT2D eigenvalue weighted by molar-refractivity contribution is -0.144. The monoisotopic (exact) mass is 399 g/mol. The van der Waals surface area contributed by atoms with E-state index in [1.54, 1.807) is 6.92 Å². The third-order valence-corrected chi connectivity index (χ3v) is 5.32. The third-order valence-electron chi connectivity index (χ3n) is 5.32. The zero-order valence-electron chi connectivity index (χ0n) is 15.9. The SMILES string of the molecule is CCn1ncc(C(=O)N2Cc3ccccc3C(c3ccccc3)C2)c1C(F)(F)F. The van der Waals surface area contributed by atoms with Gasteiger partial charge in [0.2, 0.25) is 0 Å². The number of alkyl halides is 3. The lowest BCUT2D eigenvalue weighted by atomic mass is 9.84. The molecule has 0 saturated heterocycles. The molecule has 4 nitrogen and oxygen atoms in total. The second-order valence-electron chi connectivity index (χ2n) is 7.07. The van der Waals surface area contributed by atoms with Crippen LogP contribution in [0, 0.1) is 0 Å². The maximum absolute atomic E-state index is 13.6. The second kappa shape index (κ2) is 7.39. The van der Waals surface area contributed by atoms with E-state index < -0.39 is 23.3 Å².